The second-order valence-corrected chi connectivity index (χ2v) is 5.15. The Balaban J connectivity index is 2.06. The molecule has 0 bridgehead atoms. The Morgan fingerprint density at radius 3 is 3.00 bits per heavy atom. The number of fused-ring (bicyclic) bond motifs is 1. The number of halogens is 1. The largest absolute Gasteiger partial charge is 0.490 e. The van der Waals surface area contributed by atoms with Crippen LogP contribution in [0.2, 0.25) is 5.15 Å². The predicted molar refractivity (Wildman–Crippen MR) is 64.1 cm³/mol. The quantitative estimate of drug-likeness (QED) is 0.796. The molecule has 1 aromatic heterocycles. The number of pyridine rings is 1. The van der Waals surface area contributed by atoms with Crippen LogP contribution in [0.15, 0.2) is 6.07 Å². The van der Waals surface area contributed by atoms with Crippen LogP contribution < -0.4 is 10.5 Å². The third-order valence-corrected chi connectivity index (χ3v) is 3.89. The molecule has 1 aliphatic heterocycles. The molecule has 1 fully saturated rings. The molecule has 0 aromatic carbocycles. The van der Waals surface area contributed by atoms with Crippen molar-refractivity contribution in [2.24, 2.45) is 11.7 Å². The van der Waals surface area contributed by atoms with Crippen LogP contribution in [0, 0.1) is 5.92 Å². The third kappa shape index (κ3) is 1.71. The number of ether oxygens (including phenoxy) is 1. The summed E-state index contributed by atoms with van der Waals surface area (Å²) in [5.74, 6) is 0.877. The lowest BCUT2D eigenvalue weighted by Crippen LogP contribution is -2.38. The number of hydrogen-bond acceptors (Lipinski definition) is 4. The molecule has 1 unspecified atom stereocenters. The summed E-state index contributed by atoms with van der Waals surface area (Å²) in [7, 11) is 0. The Bertz CT molecular complexity index is 462. The van der Waals surface area contributed by atoms with Gasteiger partial charge in [0.05, 0.1) is 12.3 Å². The number of nitrogens with two attached hydrogens (primary N) is 1. The second-order valence-electron chi connectivity index (χ2n) is 4.79. The molecular weight excluding hydrogens is 240 g/mol. The van der Waals surface area contributed by atoms with Crippen LogP contribution in [-0.4, -0.2) is 23.2 Å². The van der Waals surface area contributed by atoms with Crippen molar-refractivity contribution in [3.63, 3.8) is 0 Å². The van der Waals surface area contributed by atoms with Gasteiger partial charge < -0.3 is 15.6 Å². The summed E-state index contributed by atoms with van der Waals surface area (Å²) in [6.07, 6.45) is 2.82. The van der Waals surface area contributed by atoms with E-state index in [1.54, 1.807) is 0 Å². The van der Waals surface area contributed by atoms with Crippen molar-refractivity contribution in [1.82, 2.24) is 4.98 Å². The van der Waals surface area contributed by atoms with Crippen LogP contribution in [0.1, 0.15) is 24.1 Å². The molecule has 4 nitrogen and oxygen atoms in total. The van der Waals surface area contributed by atoms with E-state index in [1.807, 2.05) is 6.07 Å². The molecule has 1 aliphatic carbocycles. The minimum atomic E-state index is -1.03. The molecule has 0 radical (unpaired) electrons. The van der Waals surface area contributed by atoms with Crippen LogP contribution in [0.3, 0.4) is 0 Å². The molecule has 0 amide bonds. The molecule has 1 atom stereocenters. The van der Waals surface area contributed by atoms with Gasteiger partial charge in [-0.3, -0.25) is 0 Å². The Morgan fingerprint density at radius 1 is 1.59 bits per heavy atom. The first-order valence-corrected chi connectivity index (χ1v) is 6.28. The van der Waals surface area contributed by atoms with Gasteiger partial charge in [-0.25, -0.2) is 4.98 Å². The maximum absolute atomic E-state index is 10.6. The summed E-state index contributed by atoms with van der Waals surface area (Å²) < 4.78 is 5.40. The highest BCUT2D eigenvalue weighted by Gasteiger charge is 2.45. The van der Waals surface area contributed by atoms with E-state index in [9.17, 15) is 5.11 Å². The van der Waals surface area contributed by atoms with E-state index in [0.29, 0.717) is 23.2 Å². The number of nitrogens with zero attached hydrogens (tertiary/aromatic N) is 1. The molecule has 0 saturated heterocycles. The van der Waals surface area contributed by atoms with Crippen molar-refractivity contribution < 1.29 is 9.84 Å². The van der Waals surface area contributed by atoms with Crippen LogP contribution in [0.4, 0.5) is 0 Å². The van der Waals surface area contributed by atoms with Gasteiger partial charge in [-0.2, -0.15) is 0 Å². The monoisotopic (exact) mass is 254 g/mol. The fraction of sp³-hybridized carbons (Fsp3) is 0.583. The maximum atomic E-state index is 10.6. The van der Waals surface area contributed by atoms with Crippen LogP contribution in [0.5, 0.6) is 5.75 Å². The third-order valence-electron chi connectivity index (χ3n) is 3.63. The number of aromatic nitrogens is 1. The first-order valence-electron chi connectivity index (χ1n) is 5.90. The molecular formula is C12H15ClN2O2. The van der Waals surface area contributed by atoms with Gasteiger partial charge in [0, 0.05) is 18.5 Å². The molecule has 2 aliphatic rings. The normalized spacial score (nSPS) is 21.8. The minimum absolute atomic E-state index is 0.181. The topological polar surface area (TPSA) is 68.4 Å². The first-order chi connectivity index (χ1) is 8.15. The fourth-order valence-corrected chi connectivity index (χ4v) is 2.68. The van der Waals surface area contributed by atoms with E-state index in [-0.39, 0.29) is 12.5 Å². The Morgan fingerprint density at radius 2 is 2.35 bits per heavy atom. The second kappa shape index (κ2) is 3.83. The smallest absolute Gasteiger partial charge is 0.171 e. The van der Waals surface area contributed by atoms with Crippen molar-refractivity contribution in [1.29, 1.82) is 0 Å². The Hall–Kier alpha value is -0.840. The van der Waals surface area contributed by atoms with Gasteiger partial charge in [0.1, 0.15) is 5.60 Å². The van der Waals surface area contributed by atoms with Gasteiger partial charge in [0.2, 0.25) is 0 Å². The molecule has 17 heavy (non-hydrogen) atoms. The minimum Gasteiger partial charge on any atom is -0.490 e. The van der Waals surface area contributed by atoms with Crippen LogP contribution >= 0.6 is 11.6 Å². The molecule has 92 valence electrons. The highest BCUT2D eigenvalue weighted by Crippen LogP contribution is 2.46. The number of aliphatic hydroxyl groups is 1. The summed E-state index contributed by atoms with van der Waals surface area (Å²) in [4.78, 5) is 4.26. The molecule has 2 heterocycles. The Kier molecular flexibility index (Phi) is 2.54. The molecule has 3 N–H and O–H groups in total. The van der Waals surface area contributed by atoms with E-state index in [2.05, 4.69) is 4.98 Å². The van der Waals surface area contributed by atoms with Crippen molar-refractivity contribution in [2.45, 2.75) is 24.9 Å². The zero-order valence-electron chi connectivity index (χ0n) is 9.45. The number of rotatable bonds is 3. The van der Waals surface area contributed by atoms with E-state index in [4.69, 9.17) is 22.1 Å². The molecule has 1 aromatic rings. The van der Waals surface area contributed by atoms with Gasteiger partial charge in [-0.15, -0.1) is 0 Å². The molecule has 5 heteroatoms. The van der Waals surface area contributed by atoms with Crippen LogP contribution in [-0.2, 0) is 12.0 Å². The van der Waals surface area contributed by atoms with E-state index < -0.39 is 5.60 Å². The van der Waals surface area contributed by atoms with Gasteiger partial charge in [0.15, 0.2) is 10.9 Å². The maximum Gasteiger partial charge on any atom is 0.171 e. The van der Waals surface area contributed by atoms with Gasteiger partial charge in [-0.1, -0.05) is 11.6 Å². The zero-order valence-corrected chi connectivity index (χ0v) is 10.2. The summed E-state index contributed by atoms with van der Waals surface area (Å²) in [5.41, 5.74) is 6.30. The van der Waals surface area contributed by atoms with E-state index in [0.717, 1.165) is 24.8 Å². The van der Waals surface area contributed by atoms with E-state index in [1.165, 1.54) is 0 Å². The van der Waals surface area contributed by atoms with E-state index >= 15 is 0 Å². The van der Waals surface area contributed by atoms with Crippen LogP contribution in [0.25, 0.3) is 0 Å². The lowest BCUT2D eigenvalue weighted by molar-refractivity contribution is 0.0178. The highest BCUT2D eigenvalue weighted by atomic mass is 35.5. The SMILES string of the molecule is NCC(O)(c1cc2c(c(Cl)n1)OCC2)C1CC1. The Labute approximate surface area is 105 Å². The first kappa shape index (κ1) is 11.3. The zero-order chi connectivity index (χ0) is 12.0. The van der Waals surface area contributed by atoms with Crippen molar-refractivity contribution >= 4 is 11.6 Å². The average molecular weight is 255 g/mol. The van der Waals surface area contributed by atoms with Crippen molar-refractivity contribution in [2.75, 3.05) is 13.2 Å². The fourth-order valence-electron chi connectivity index (χ4n) is 2.42. The summed E-state index contributed by atoms with van der Waals surface area (Å²) in [5, 5.41) is 10.9. The molecule has 1 saturated carbocycles. The van der Waals surface area contributed by atoms with Gasteiger partial charge in [-0.05, 0) is 24.8 Å². The highest BCUT2D eigenvalue weighted by molar-refractivity contribution is 6.31. The number of hydrogen-bond donors (Lipinski definition) is 2. The standard InChI is InChI=1S/C12H15ClN2O2/c13-11-10-7(3-4-17-10)5-9(15-11)12(16,6-14)8-1-2-8/h5,8,16H,1-4,6,14H2. The van der Waals surface area contributed by atoms with Crippen molar-refractivity contribution in [3.05, 3.63) is 22.5 Å². The van der Waals surface area contributed by atoms with Crippen molar-refractivity contribution in [3.8, 4) is 5.75 Å². The van der Waals surface area contributed by atoms with Gasteiger partial charge in [0.25, 0.3) is 0 Å². The lowest BCUT2D eigenvalue weighted by atomic mass is 9.92. The lowest BCUT2D eigenvalue weighted by Gasteiger charge is -2.26. The summed E-state index contributed by atoms with van der Waals surface area (Å²) in [6.45, 7) is 0.811. The summed E-state index contributed by atoms with van der Waals surface area (Å²) >= 11 is 6.07. The van der Waals surface area contributed by atoms with Gasteiger partial charge >= 0.3 is 0 Å². The molecule has 0 spiro atoms. The molecule has 3 rings (SSSR count). The summed E-state index contributed by atoms with van der Waals surface area (Å²) in [6, 6.07) is 1.89. The predicted octanol–water partition coefficient (Wildman–Crippen LogP) is 1.23. The average Bonchev–Trinajstić information content (AvgIpc) is 3.07.